The van der Waals surface area contributed by atoms with Crippen molar-refractivity contribution in [2.24, 2.45) is 29.1 Å². The van der Waals surface area contributed by atoms with Gasteiger partial charge in [-0.25, -0.2) is 0 Å². The Bertz CT molecular complexity index is 1140. The molecule has 2 aliphatic carbocycles. The molecule has 1 amide bonds. The monoisotopic (exact) mass is 507 g/mol. The molecule has 1 saturated carbocycles. The average molecular weight is 508 g/mol. The van der Waals surface area contributed by atoms with Crippen LogP contribution in [0.15, 0.2) is 66.8 Å². The van der Waals surface area contributed by atoms with Crippen LogP contribution in [-0.4, -0.2) is 51.7 Å². The molecule has 1 saturated heterocycles. The van der Waals surface area contributed by atoms with Crippen LogP contribution in [0.2, 0.25) is 0 Å². The molecule has 0 radical (unpaired) electrons. The Labute approximate surface area is 218 Å². The number of ketones is 1. The van der Waals surface area contributed by atoms with Crippen molar-refractivity contribution in [2.75, 3.05) is 0 Å². The van der Waals surface area contributed by atoms with E-state index in [1.807, 2.05) is 37.3 Å². The summed E-state index contributed by atoms with van der Waals surface area (Å²) in [6, 6.07) is 9.49. The third-order valence-corrected chi connectivity index (χ3v) is 8.53. The number of ether oxygens (including phenoxy) is 1. The highest BCUT2D eigenvalue weighted by Crippen LogP contribution is 2.58. The van der Waals surface area contributed by atoms with Gasteiger partial charge in [0.2, 0.25) is 5.91 Å². The lowest BCUT2D eigenvalue weighted by Gasteiger charge is -2.52. The summed E-state index contributed by atoms with van der Waals surface area (Å²) >= 11 is 0. The van der Waals surface area contributed by atoms with Gasteiger partial charge in [0.05, 0.1) is 6.10 Å². The van der Waals surface area contributed by atoms with Crippen molar-refractivity contribution in [3.8, 4) is 0 Å². The quantitative estimate of drug-likeness (QED) is 0.428. The first-order chi connectivity index (χ1) is 17.4. The van der Waals surface area contributed by atoms with E-state index in [0.29, 0.717) is 18.4 Å². The second kappa shape index (κ2) is 10.0. The Morgan fingerprint density at radius 3 is 2.51 bits per heavy atom. The first-order valence-corrected chi connectivity index (χ1v) is 12.9. The number of hydrogen-bond donors (Lipinski definition) is 3. The van der Waals surface area contributed by atoms with Gasteiger partial charge in [0.1, 0.15) is 17.1 Å². The number of hydrogen-bond acceptors (Lipinski definition) is 6. The number of carbonyl (C=O) groups is 3. The maximum absolute atomic E-state index is 14.2. The van der Waals surface area contributed by atoms with Crippen molar-refractivity contribution in [2.45, 2.75) is 64.4 Å². The van der Waals surface area contributed by atoms with Crippen LogP contribution in [0.5, 0.6) is 0 Å². The lowest BCUT2D eigenvalue weighted by Crippen LogP contribution is -2.60. The zero-order valence-electron chi connectivity index (χ0n) is 21.9. The molecular formula is C30H37NO6. The summed E-state index contributed by atoms with van der Waals surface area (Å²) in [5.41, 5.74) is -1.55. The number of carbonyl (C=O) groups excluding carboxylic acids is 3. The van der Waals surface area contributed by atoms with Crippen LogP contribution in [0.25, 0.3) is 0 Å². The fraction of sp³-hybridized carbons (Fsp3) is 0.500. The Balaban J connectivity index is 1.94. The van der Waals surface area contributed by atoms with Crippen molar-refractivity contribution in [3.05, 3.63) is 72.4 Å². The van der Waals surface area contributed by atoms with Crippen LogP contribution in [0, 0.1) is 29.1 Å². The fourth-order valence-corrected chi connectivity index (χ4v) is 6.68. The molecule has 2 fully saturated rings. The van der Waals surface area contributed by atoms with E-state index in [1.54, 1.807) is 19.1 Å². The van der Waals surface area contributed by atoms with Gasteiger partial charge < -0.3 is 20.3 Å². The fourth-order valence-electron chi connectivity index (χ4n) is 6.68. The summed E-state index contributed by atoms with van der Waals surface area (Å²) in [4.78, 5) is 39.5. The highest BCUT2D eigenvalue weighted by Gasteiger charge is 2.68. The molecular weight excluding hydrogens is 470 g/mol. The van der Waals surface area contributed by atoms with Crippen molar-refractivity contribution < 1.29 is 29.3 Å². The van der Waals surface area contributed by atoms with E-state index < -0.39 is 46.9 Å². The minimum absolute atomic E-state index is 0.287. The third kappa shape index (κ3) is 4.59. The second-order valence-corrected chi connectivity index (χ2v) is 11.0. The summed E-state index contributed by atoms with van der Waals surface area (Å²) in [5.74, 6) is -3.26. The standard InChI is InChI=1S/C30H37NO6/c1-17-10-9-13-22-26(33)19(3)18(2)25-23(16-21-11-7-6-8-12-21)31-28(35)30(22,25)24(37-20(4)32)14-15-29(5,36)27(17)34/h6-9,11-15,17-18,22-26,33,36H,3,10,16H2,1-2,4-5H3,(H,31,35)/b13-9+,15-14+/t17?,18-,22+,23+,24-,25+,26-,29-,30-/m1/s1. The Kier molecular flexibility index (Phi) is 7.32. The van der Waals surface area contributed by atoms with Crippen LogP contribution in [0.4, 0.5) is 0 Å². The Hall–Kier alpha value is -3.03. The molecule has 198 valence electrons. The molecule has 1 heterocycles. The number of nitrogens with one attached hydrogen (secondary N) is 1. The molecule has 7 nitrogen and oxygen atoms in total. The van der Waals surface area contributed by atoms with Gasteiger partial charge in [0.15, 0.2) is 5.78 Å². The third-order valence-electron chi connectivity index (χ3n) is 8.53. The van der Waals surface area contributed by atoms with Crippen molar-refractivity contribution >= 4 is 17.7 Å². The average Bonchev–Trinajstić information content (AvgIpc) is 3.13. The second-order valence-electron chi connectivity index (χ2n) is 11.0. The van der Waals surface area contributed by atoms with Gasteiger partial charge in [-0.1, -0.05) is 62.9 Å². The molecule has 3 N–H and O–H groups in total. The number of rotatable bonds is 3. The SMILES string of the molecule is C=C1[C@@H](C)[C@H]2[C@H](Cc3ccccc3)NC(=O)[C@]23[C@H](OC(C)=O)/C=C/[C@@](C)(O)C(=O)C(C)C/C=C/[C@H]3[C@@H]1O. The molecule has 1 aliphatic heterocycles. The lowest BCUT2D eigenvalue weighted by molar-refractivity contribution is -0.166. The molecule has 1 aromatic rings. The molecule has 3 aliphatic rings. The summed E-state index contributed by atoms with van der Waals surface area (Å²) in [5, 5.41) is 25.7. The molecule has 1 unspecified atom stereocenters. The number of amides is 1. The molecule has 7 heteroatoms. The van der Waals surface area contributed by atoms with Gasteiger partial charge in [-0.2, -0.15) is 0 Å². The zero-order valence-corrected chi connectivity index (χ0v) is 21.9. The molecule has 1 aromatic carbocycles. The number of benzene rings is 1. The van der Waals surface area contributed by atoms with Crippen molar-refractivity contribution in [1.82, 2.24) is 5.32 Å². The number of esters is 1. The smallest absolute Gasteiger partial charge is 0.303 e. The summed E-state index contributed by atoms with van der Waals surface area (Å²) < 4.78 is 5.81. The van der Waals surface area contributed by atoms with E-state index in [4.69, 9.17) is 4.74 Å². The van der Waals surface area contributed by atoms with Gasteiger partial charge in [-0.3, -0.25) is 14.4 Å². The minimum Gasteiger partial charge on any atom is -0.457 e. The lowest BCUT2D eigenvalue weighted by atomic mass is 9.51. The largest absolute Gasteiger partial charge is 0.457 e. The Morgan fingerprint density at radius 1 is 1.19 bits per heavy atom. The summed E-state index contributed by atoms with van der Waals surface area (Å²) in [7, 11) is 0. The minimum atomic E-state index is -1.82. The van der Waals surface area contributed by atoms with Gasteiger partial charge in [0.25, 0.3) is 0 Å². The van der Waals surface area contributed by atoms with Crippen LogP contribution >= 0.6 is 0 Å². The van der Waals surface area contributed by atoms with Gasteiger partial charge >= 0.3 is 5.97 Å². The number of aliphatic hydroxyl groups excluding tert-OH is 1. The van der Waals surface area contributed by atoms with Gasteiger partial charge in [0, 0.05) is 30.7 Å². The Morgan fingerprint density at radius 2 is 1.86 bits per heavy atom. The molecule has 0 bridgehead atoms. The van der Waals surface area contributed by atoms with E-state index in [2.05, 4.69) is 11.9 Å². The van der Waals surface area contributed by atoms with Crippen LogP contribution < -0.4 is 5.32 Å². The van der Waals surface area contributed by atoms with Crippen LogP contribution in [0.3, 0.4) is 0 Å². The van der Waals surface area contributed by atoms with E-state index in [-0.39, 0.29) is 23.7 Å². The number of aliphatic hydroxyl groups is 2. The van der Waals surface area contributed by atoms with Gasteiger partial charge in [-0.05, 0) is 49.0 Å². The van der Waals surface area contributed by atoms with Gasteiger partial charge in [-0.15, -0.1) is 0 Å². The predicted molar refractivity (Wildman–Crippen MR) is 139 cm³/mol. The topological polar surface area (TPSA) is 113 Å². The molecule has 9 atom stereocenters. The van der Waals surface area contributed by atoms with Crippen molar-refractivity contribution in [1.29, 1.82) is 0 Å². The molecule has 0 aromatic heterocycles. The van der Waals surface area contributed by atoms with E-state index in [0.717, 1.165) is 5.56 Å². The highest BCUT2D eigenvalue weighted by atomic mass is 16.5. The summed E-state index contributed by atoms with van der Waals surface area (Å²) in [6.45, 7) is 10.5. The summed E-state index contributed by atoms with van der Waals surface area (Å²) in [6.07, 6.45) is 5.01. The molecule has 1 spiro atoms. The normalized spacial score (nSPS) is 41.6. The predicted octanol–water partition coefficient (Wildman–Crippen LogP) is 2.92. The maximum Gasteiger partial charge on any atom is 0.303 e. The number of Topliss-reactive ketones (excluding diaryl/α,β-unsaturated/α-hetero) is 1. The zero-order chi connectivity index (χ0) is 27.1. The molecule has 4 rings (SSSR count). The first kappa shape index (κ1) is 27.0. The van der Waals surface area contributed by atoms with E-state index in [9.17, 15) is 24.6 Å². The van der Waals surface area contributed by atoms with Crippen LogP contribution in [0.1, 0.15) is 39.7 Å². The van der Waals surface area contributed by atoms with E-state index >= 15 is 0 Å². The first-order valence-electron chi connectivity index (χ1n) is 12.9. The highest BCUT2D eigenvalue weighted by molar-refractivity contribution is 5.91. The van der Waals surface area contributed by atoms with Crippen molar-refractivity contribution in [3.63, 3.8) is 0 Å². The molecule has 37 heavy (non-hydrogen) atoms. The van der Waals surface area contributed by atoms with Crippen LogP contribution in [-0.2, 0) is 25.5 Å². The number of allylic oxidation sites excluding steroid dienone is 1. The van der Waals surface area contributed by atoms with E-state index in [1.165, 1.54) is 26.0 Å². The maximum atomic E-state index is 14.2.